The Balaban J connectivity index is 0.884. The summed E-state index contributed by atoms with van der Waals surface area (Å²) in [6.07, 6.45) is 1.82. The second kappa shape index (κ2) is 18.8. The van der Waals surface area contributed by atoms with Crippen LogP contribution in [0.3, 0.4) is 0 Å². The van der Waals surface area contributed by atoms with Crippen LogP contribution in [0.4, 0.5) is 11.4 Å². The summed E-state index contributed by atoms with van der Waals surface area (Å²) < 4.78 is 8.03. The van der Waals surface area contributed by atoms with E-state index in [2.05, 4.69) is 81.9 Å². The van der Waals surface area contributed by atoms with Crippen LogP contribution in [0.2, 0.25) is 10.0 Å². The Kier molecular flexibility index (Phi) is 12.8. The van der Waals surface area contributed by atoms with Crippen LogP contribution >= 0.6 is 117 Å². The van der Waals surface area contributed by atoms with Gasteiger partial charge in [-0.1, -0.05) is 132 Å². The molecule has 0 bridgehead atoms. The minimum Gasteiger partial charge on any atom is -0.286 e. The van der Waals surface area contributed by atoms with Crippen molar-refractivity contribution in [1.29, 1.82) is 0 Å². The van der Waals surface area contributed by atoms with Crippen molar-refractivity contribution in [2.24, 2.45) is 9.98 Å². The SMILES string of the molecule is S=c1sc2c(n1-c1ccc(CCc3ccc(-n4c5c(sc4=S)[C@@H](c4ccc(Cl)cc4)SC(=Nc4ccccc4)S5)cc3)cc1)SC(=Nc1ccccc1)S[C@@H]2c1ccc(Cl)cc1. The Morgan fingerprint density at radius 2 is 0.839 bits per heavy atom. The van der Waals surface area contributed by atoms with Gasteiger partial charge in [0.25, 0.3) is 0 Å². The number of aromatic nitrogens is 2. The molecule has 6 aromatic carbocycles. The fourth-order valence-corrected chi connectivity index (χ4v) is 16.4. The minimum absolute atomic E-state index is 0.0563. The molecule has 4 nitrogen and oxygen atoms in total. The number of hydrogen-bond donors (Lipinski definition) is 0. The van der Waals surface area contributed by atoms with Gasteiger partial charge in [0.1, 0.15) is 18.8 Å². The first kappa shape index (κ1) is 42.3. The van der Waals surface area contributed by atoms with E-state index < -0.39 is 0 Å². The molecule has 2 aromatic heterocycles. The zero-order valence-electron chi connectivity index (χ0n) is 32.4. The summed E-state index contributed by atoms with van der Waals surface area (Å²) in [4.78, 5) is 12.6. The lowest BCUT2D eigenvalue weighted by atomic mass is 10.0. The molecule has 14 heteroatoms. The Morgan fingerprint density at radius 3 is 1.21 bits per heavy atom. The predicted molar refractivity (Wildman–Crippen MR) is 277 cm³/mol. The van der Waals surface area contributed by atoms with Gasteiger partial charge in [-0.05, 0) is 156 Å². The smallest absolute Gasteiger partial charge is 0.166 e. The van der Waals surface area contributed by atoms with Crippen molar-refractivity contribution in [3.05, 3.63) is 208 Å². The van der Waals surface area contributed by atoms with Crippen LogP contribution in [0.5, 0.6) is 0 Å². The summed E-state index contributed by atoms with van der Waals surface area (Å²) in [7, 11) is 0. The van der Waals surface area contributed by atoms with Gasteiger partial charge in [-0.25, -0.2) is 9.98 Å². The van der Waals surface area contributed by atoms with Crippen LogP contribution in [0.25, 0.3) is 11.4 Å². The molecule has 0 radical (unpaired) electrons. The molecule has 8 aromatic rings. The van der Waals surface area contributed by atoms with E-state index in [1.54, 1.807) is 69.7 Å². The molecule has 4 heterocycles. The van der Waals surface area contributed by atoms with Crippen LogP contribution in [0.1, 0.15) is 42.5 Å². The molecule has 62 heavy (non-hydrogen) atoms. The first-order valence-corrected chi connectivity index (χ1v) is 26.1. The molecule has 0 N–H and O–H groups in total. The largest absolute Gasteiger partial charge is 0.286 e. The van der Waals surface area contributed by atoms with E-state index in [4.69, 9.17) is 57.6 Å². The molecule has 0 saturated heterocycles. The molecule has 306 valence electrons. The van der Waals surface area contributed by atoms with Crippen molar-refractivity contribution >= 4 is 137 Å². The third-order valence-electron chi connectivity index (χ3n) is 10.3. The van der Waals surface area contributed by atoms with Crippen LogP contribution in [-0.4, -0.2) is 17.9 Å². The van der Waals surface area contributed by atoms with Gasteiger partial charge in [-0.2, -0.15) is 0 Å². The van der Waals surface area contributed by atoms with E-state index in [1.807, 2.05) is 84.9 Å². The average Bonchev–Trinajstić information content (AvgIpc) is 3.81. The summed E-state index contributed by atoms with van der Waals surface area (Å²) >= 11 is 35.0. The third kappa shape index (κ3) is 9.15. The average molecular weight is 992 g/mol. The molecular formula is C48H32Cl2N4S8. The number of thiazole rings is 2. The van der Waals surface area contributed by atoms with E-state index in [9.17, 15) is 0 Å². The van der Waals surface area contributed by atoms with E-state index in [0.29, 0.717) is 0 Å². The van der Waals surface area contributed by atoms with E-state index in [-0.39, 0.29) is 10.5 Å². The van der Waals surface area contributed by atoms with Crippen molar-refractivity contribution < 1.29 is 0 Å². The number of hydrogen-bond acceptors (Lipinski definition) is 10. The maximum absolute atomic E-state index is 6.30. The first-order chi connectivity index (χ1) is 30.3. The number of thioether (sulfide) groups is 4. The highest BCUT2D eigenvalue weighted by molar-refractivity contribution is 8.40. The lowest BCUT2D eigenvalue weighted by Gasteiger charge is -2.24. The molecule has 2 atom stereocenters. The first-order valence-electron chi connectivity index (χ1n) is 19.5. The minimum atomic E-state index is 0.0563. The molecule has 0 amide bonds. The Labute approximate surface area is 405 Å². The monoisotopic (exact) mass is 990 g/mol. The summed E-state index contributed by atoms with van der Waals surface area (Å²) in [5.41, 5.74) is 8.85. The van der Waals surface area contributed by atoms with Crippen LogP contribution in [0.15, 0.2) is 178 Å². The van der Waals surface area contributed by atoms with Crippen molar-refractivity contribution in [2.75, 3.05) is 0 Å². The topological polar surface area (TPSA) is 34.6 Å². The van der Waals surface area contributed by atoms with Gasteiger partial charge in [0.2, 0.25) is 0 Å². The van der Waals surface area contributed by atoms with Gasteiger partial charge in [0, 0.05) is 21.4 Å². The van der Waals surface area contributed by atoms with Crippen LogP contribution < -0.4 is 0 Å². The van der Waals surface area contributed by atoms with E-state index in [0.717, 1.165) is 72.3 Å². The standard InChI is InChI=1S/C48H32Cl2N4S8/c49-33-21-17-31(18-22-33)39-41-43(61-45(57-39)51-35-7-3-1-4-8-35)53(47(55)59-41)37-25-13-29(14-26-37)11-12-30-15-27-38(28-16-30)54-44-42(60-48(54)56)40(32-19-23-34(50)24-20-32)58-46(62-44)52-36-9-5-2-6-10-36/h1-10,13-28,39-40H,11-12H2/t39-,40-/m1/s1. The van der Waals surface area contributed by atoms with Gasteiger partial charge in [-0.3, -0.25) is 9.13 Å². The molecule has 0 unspecified atom stereocenters. The van der Waals surface area contributed by atoms with Gasteiger partial charge in [-0.15, -0.1) is 22.7 Å². The molecule has 0 fully saturated rings. The molecular weight excluding hydrogens is 960 g/mol. The second-order valence-corrected chi connectivity index (χ2v) is 23.2. The zero-order chi connectivity index (χ0) is 42.2. The maximum atomic E-state index is 6.30. The van der Waals surface area contributed by atoms with Gasteiger partial charge in [0.05, 0.1) is 31.6 Å². The fourth-order valence-electron chi connectivity index (χ4n) is 7.18. The summed E-state index contributed by atoms with van der Waals surface area (Å²) in [5, 5.41) is 3.79. The highest BCUT2D eigenvalue weighted by Gasteiger charge is 2.34. The molecule has 2 aliphatic rings. The van der Waals surface area contributed by atoms with Crippen LogP contribution in [-0.2, 0) is 12.8 Å². The molecule has 10 rings (SSSR count). The number of aryl methyl sites for hydroxylation is 2. The van der Waals surface area contributed by atoms with E-state index >= 15 is 0 Å². The van der Waals surface area contributed by atoms with Crippen molar-refractivity contribution in [3.8, 4) is 11.4 Å². The van der Waals surface area contributed by atoms with Crippen molar-refractivity contribution in [2.45, 2.75) is 33.4 Å². The van der Waals surface area contributed by atoms with Crippen LogP contribution in [0, 0.1) is 7.91 Å². The Hall–Kier alpha value is -3.66. The number of para-hydroxylation sites is 2. The lowest BCUT2D eigenvalue weighted by Crippen LogP contribution is -2.08. The Morgan fingerprint density at radius 1 is 0.468 bits per heavy atom. The molecule has 0 spiro atoms. The number of nitrogens with zero attached hydrogens (tertiary/aromatic N) is 4. The summed E-state index contributed by atoms with van der Waals surface area (Å²) in [6.45, 7) is 0. The molecule has 0 aliphatic carbocycles. The van der Waals surface area contributed by atoms with Crippen molar-refractivity contribution in [3.63, 3.8) is 0 Å². The predicted octanol–water partition coefficient (Wildman–Crippen LogP) is 17.2. The zero-order valence-corrected chi connectivity index (χ0v) is 40.4. The number of fused-ring (bicyclic) bond motifs is 2. The number of rotatable bonds is 9. The number of halogens is 2. The lowest BCUT2D eigenvalue weighted by molar-refractivity contribution is 0.904. The van der Waals surface area contributed by atoms with E-state index in [1.165, 1.54) is 32.0 Å². The second-order valence-electron chi connectivity index (χ2n) is 14.3. The third-order valence-corrected chi connectivity index (χ3v) is 19.1. The summed E-state index contributed by atoms with van der Waals surface area (Å²) in [6, 6.07) is 54.2. The quantitative estimate of drug-likeness (QED) is 0.134. The fraction of sp³-hybridized carbons (Fsp3) is 0.0833. The highest BCUT2D eigenvalue weighted by Crippen LogP contribution is 2.54. The summed E-state index contributed by atoms with van der Waals surface area (Å²) in [5.74, 6) is 0. The van der Waals surface area contributed by atoms with Gasteiger partial charge in [0.15, 0.2) is 7.91 Å². The van der Waals surface area contributed by atoms with Gasteiger partial charge >= 0.3 is 0 Å². The molecule has 2 aliphatic heterocycles. The molecule has 0 saturated carbocycles. The normalized spacial score (nSPS) is 17.3. The van der Waals surface area contributed by atoms with Crippen molar-refractivity contribution in [1.82, 2.24) is 9.13 Å². The highest BCUT2D eigenvalue weighted by atomic mass is 35.5. The number of benzene rings is 6. The van der Waals surface area contributed by atoms with Gasteiger partial charge < -0.3 is 0 Å². The maximum Gasteiger partial charge on any atom is 0.166 e. The number of aliphatic imine (C=N–C) groups is 2. The Bertz CT molecular complexity index is 2860.